The van der Waals surface area contributed by atoms with Crippen molar-refractivity contribution in [1.82, 2.24) is 4.98 Å². The number of pyridine rings is 1. The Morgan fingerprint density at radius 1 is 1.24 bits per heavy atom. The standard InChI is InChI=1S/C14H12N2O/c1-2-12-5-3-4-6-13(12)17-14-8-7-11(9-15)10-16-14/h3-8,10H,2H2,1H3. The number of rotatable bonds is 3. The van der Waals surface area contributed by atoms with Gasteiger partial charge in [-0.2, -0.15) is 5.26 Å². The second kappa shape index (κ2) is 5.13. The largest absolute Gasteiger partial charge is 0.439 e. The fraction of sp³-hybridized carbons (Fsp3) is 0.143. The summed E-state index contributed by atoms with van der Waals surface area (Å²) in [7, 11) is 0. The molecule has 3 nitrogen and oxygen atoms in total. The highest BCUT2D eigenvalue weighted by atomic mass is 16.5. The summed E-state index contributed by atoms with van der Waals surface area (Å²) < 4.78 is 5.68. The Morgan fingerprint density at radius 3 is 2.71 bits per heavy atom. The van der Waals surface area contributed by atoms with Crippen molar-refractivity contribution in [2.45, 2.75) is 13.3 Å². The molecule has 1 aromatic heterocycles. The fourth-order valence-electron chi connectivity index (χ4n) is 1.51. The Bertz CT molecular complexity index is 541. The van der Waals surface area contributed by atoms with E-state index in [0.717, 1.165) is 17.7 Å². The molecule has 3 heteroatoms. The molecule has 0 fully saturated rings. The number of hydrogen-bond donors (Lipinski definition) is 0. The maximum atomic E-state index is 8.67. The molecule has 1 heterocycles. The van der Waals surface area contributed by atoms with Crippen molar-refractivity contribution in [3.05, 3.63) is 53.7 Å². The van der Waals surface area contributed by atoms with Crippen LogP contribution in [0.4, 0.5) is 0 Å². The van der Waals surface area contributed by atoms with Gasteiger partial charge in [-0.1, -0.05) is 25.1 Å². The van der Waals surface area contributed by atoms with Gasteiger partial charge in [-0.05, 0) is 24.1 Å². The van der Waals surface area contributed by atoms with Crippen LogP contribution in [0.1, 0.15) is 18.1 Å². The SMILES string of the molecule is CCc1ccccc1Oc1ccc(C#N)cn1. The van der Waals surface area contributed by atoms with Crippen molar-refractivity contribution in [3.63, 3.8) is 0 Å². The third-order valence-electron chi connectivity index (χ3n) is 2.43. The fourth-order valence-corrected chi connectivity index (χ4v) is 1.51. The molecule has 0 spiro atoms. The number of aryl methyl sites for hydroxylation is 1. The summed E-state index contributed by atoms with van der Waals surface area (Å²) in [4.78, 5) is 4.08. The molecule has 17 heavy (non-hydrogen) atoms. The van der Waals surface area contributed by atoms with Crippen molar-refractivity contribution in [1.29, 1.82) is 5.26 Å². The lowest BCUT2D eigenvalue weighted by Crippen LogP contribution is -1.92. The van der Waals surface area contributed by atoms with Crippen molar-refractivity contribution >= 4 is 0 Å². The highest BCUT2D eigenvalue weighted by molar-refractivity contribution is 5.37. The van der Waals surface area contributed by atoms with Crippen LogP contribution in [0.2, 0.25) is 0 Å². The topological polar surface area (TPSA) is 45.9 Å². The predicted octanol–water partition coefficient (Wildman–Crippen LogP) is 3.31. The zero-order chi connectivity index (χ0) is 12.1. The molecule has 0 radical (unpaired) electrons. The second-order valence-electron chi connectivity index (χ2n) is 3.56. The van der Waals surface area contributed by atoms with E-state index in [9.17, 15) is 0 Å². The minimum atomic E-state index is 0.505. The molecule has 0 aliphatic rings. The molecule has 2 aromatic rings. The van der Waals surface area contributed by atoms with E-state index in [4.69, 9.17) is 10.00 Å². The maximum absolute atomic E-state index is 8.67. The molecular formula is C14H12N2O. The van der Waals surface area contributed by atoms with Gasteiger partial charge in [0.1, 0.15) is 11.8 Å². The van der Waals surface area contributed by atoms with Crippen LogP contribution < -0.4 is 4.74 Å². The number of para-hydroxylation sites is 1. The van der Waals surface area contributed by atoms with E-state index < -0.39 is 0 Å². The van der Waals surface area contributed by atoms with E-state index in [0.29, 0.717) is 11.4 Å². The van der Waals surface area contributed by atoms with E-state index in [2.05, 4.69) is 11.9 Å². The van der Waals surface area contributed by atoms with Crippen LogP contribution in [-0.2, 0) is 6.42 Å². The Balaban J connectivity index is 2.22. The lowest BCUT2D eigenvalue weighted by Gasteiger charge is -2.08. The third-order valence-corrected chi connectivity index (χ3v) is 2.43. The third kappa shape index (κ3) is 2.61. The van der Waals surface area contributed by atoms with Gasteiger partial charge in [-0.15, -0.1) is 0 Å². The van der Waals surface area contributed by atoms with Crippen LogP contribution in [0.5, 0.6) is 11.6 Å². The van der Waals surface area contributed by atoms with Crippen molar-refractivity contribution in [2.75, 3.05) is 0 Å². The molecule has 0 atom stereocenters. The van der Waals surface area contributed by atoms with Gasteiger partial charge in [0.2, 0.25) is 5.88 Å². The minimum Gasteiger partial charge on any atom is -0.439 e. The van der Waals surface area contributed by atoms with Gasteiger partial charge >= 0.3 is 0 Å². The first-order valence-electron chi connectivity index (χ1n) is 5.45. The Hall–Kier alpha value is -2.34. The molecule has 84 valence electrons. The van der Waals surface area contributed by atoms with Gasteiger partial charge in [0, 0.05) is 12.3 Å². The number of nitrogens with zero attached hydrogens (tertiary/aromatic N) is 2. The Morgan fingerprint density at radius 2 is 2.06 bits per heavy atom. The van der Waals surface area contributed by atoms with E-state index in [1.165, 1.54) is 6.20 Å². The molecule has 2 rings (SSSR count). The van der Waals surface area contributed by atoms with E-state index in [1.807, 2.05) is 30.3 Å². The number of hydrogen-bond acceptors (Lipinski definition) is 3. The quantitative estimate of drug-likeness (QED) is 0.803. The smallest absolute Gasteiger partial charge is 0.219 e. The van der Waals surface area contributed by atoms with Crippen LogP contribution in [0.15, 0.2) is 42.6 Å². The van der Waals surface area contributed by atoms with Crippen molar-refractivity contribution in [3.8, 4) is 17.7 Å². The Kier molecular flexibility index (Phi) is 3.37. The van der Waals surface area contributed by atoms with Crippen molar-refractivity contribution < 1.29 is 4.74 Å². The number of benzene rings is 1. The van der Waals surface area contributed by atoms with Crippen LogP contribution >= 0.6 is 0 Å². The molecule has 0 bridgehead atoms. The van der Waals surface area contributed by atoms with Gasteiger partial charge in [-0.25, -0.2) is 4.98 Å². The average molecular weight is 224 g/mol. The molecule has 0 unspecified atom stereocenters. The van der Waals surface area contributed by atoms with Crippen LogP contribution in [0.3, 0.4) is 0 Å². The lowest BCUT2D eigenvalue weighted by molar-refractivity contribution is 0.457. The summed E-state index contributed by atoms with van der Waals surface area (Å²) in [5.74, 6) is 1.32. The maximum Gasteiger partial charge on any atom is 0.219 e. The second-order valence-corrected chi connectivity index (χ2v) is 3.56. The first-order valence-corrected chi connectivity index (χ1v) is 5.45. The van der Waals surface area contributed by atoms with E-state index >= 15 is 0 Å². The van der Waals surface area contributed by atoms with Crippen LogP contribution in [-0.4, -0.2) is 4.98 Å². The highest BCUT2D eigenvalue weighted by Gasteiger charge is 2.03. The molecule has 0 amide bonds. The monoisotopic (exact) mass is 224 g/mol. The molecule has 0 aliphatic carbocycles. The average Bonchev–Trinajstić information content (AvgIpc) is 2.40. The molecule has 0 N–H and O–H groups in total. The van der Waals surface area contributed by atoms with Crippen LogP contribution in [0, 0.1) is 11.3 Å². The first kappa shape index (κ1) is 11.2. The molecule has 0 saturated heterocycles. The van der Waals surface area contributed by atoms with E-state index in [1.54, 1.807) is 12.1 Å². The van der Waals surface area contributed by atoms with Gasteiger partial charge in [0.05, 0.1) is 5.56 Å². The summed E-state index contributed by atoms with van der Waals surface area (Å²) in [6, 6.07) is 13.3. The van der Waals surface area contributed by atoms with Crippen LogP contribution in [0.25, 0.3) is 0 Å². The Labute approximate surface area is 100 Å². The zero-order valence-corrected chi connectivity index (χ0v) is 9.55. The predicted molar refractivity (Wildman–Crippen MR) is 64.8 cm³/mol. The first-order chi connectivity index (χ1) is 8.33. The summed E-state index contributed by atoms with van der Waals surface area (Å²) in [5.41, 5.74) is 1.67. The highest BCUT2D eigenvalue weighted by Crippen LogP contribution is 2.23. The molecular weight excluding hydrogens is 212 g/mol. The van der Waals surface area contributed by atoms with Gasteiger partial charge in [0.25, 0.3) is 0 Å². The minimum absolute atomic E-state index is 0.505. The molecule has 0 aliphatic heterocycles. The van der Waals surface area contributed by atoms with Gasteiger partial charge in [0.15, 0.2) is 0 Å². The van der Waals surface area contributed by atoms with Gasteiger partial charge < -0.3 is 4.74 Å². The number of aromatic nitrogens is 1. The summed E-state index contributed by atoms with van der Waals surface area (Å²) in [6.45, 7) is 2.08. The summed E-state index contributed by atoms with van der Waals surface area (Å²) in [6.07, 6.45) is 2.41. The molecule has 1 aromatic carbocycles. The number of ether oxygens (including phenoxy) is 1. The number of nitriles is 1. The lowest BCUT2D eigenvalue weighted by atomic mass is 10.1. The zero-order valence-electron chi connectivity index (χ0n) is 9.55. The summed E-state index contributed by atoms with van der Waals surface area (Å²) in [5, 5.41) is 8.67. The molecule has 0 saturated carbocycles. The normalized spacial score (nSPS) is 9.65. The summed E-state index contributed by atoms with van der Waals surface area (Å²) >= 11 is 0. The van der Waals surface area contributed by atoms with Gasteiger partial charge in [-0.3, -0.25) is 0 Å². The van der Waals surface area contributed by atoms with E-state index in [-0.39, 0.29) is 0 Å². The van der Waals surface area contributed by atoms with Crippen molar-refractivity contribution in [2.24, 2.45) is 0 Å².